The predicted molar refractivity (Wildman–Crippen MR) is 209 cm³/mol. The van der Waals surface area contributed by atoms with Crippen molar-refractivity contribution in [2.45, 2.75) is 187 Å². The number of likely N-dealkylation sites (N-methyl/N-ethyl adjacent to an activating group) is 1. The van der Waals surface area contributed by atoms with Gasteiger partial charge in [0.15, 0.2) is 0 Å². The quantitative estimate of drug-likeness (QED) is 0.0421. The van der Waals surface area contributed by atoms with Gasteiger partial charge in [0, 0.05) is 5.56 Å². The molecular formula is C45H78N+. The molecule has 0 amide bonds. The fraction of sp³-hybridized carbons (Fsp3) is 0.689. The molecule has 1 heteroatoms. The van der Waals surface area contributed by atoms with Gasteiger partial charge in [-0.05, 0) is 37.8 Å². The van der Waals surface area contributed by atoms with Crippen molar-refractivity contribution in [1.29, 1.82) is 0 Å². The molecule has 0 aliphatic rings. The highest BCUT2D eigenvalue weighted by atomic mass is 15.3. The highest BCUT2D eigenvalue weighted by Gasteiger charge is 2.25. The van der Waals surface area contributed by atoms with E-state index in [0.717, 1.165) is 4.48 Å². The van der Waals surface area contributed by atoms with E-state index < -0.39 is 0 Å². The lowest BCUT2D eigenvalue weighted by atomic mass is 10.0. The summed E-state index contributed by atoms with van der Waals surface area (Å²) in [6.07, 6.45) is 54.8. The molecule has 0 aliphatic heterocycles. The predicted octanol–water partition coefficient (Wildman–Crippen LogP) is 15.2. The average Bonchev–Trinajstić information content (AvgIpc) is 3.06. The van der Waals surface area contributed by atoms with Crippen LogP contribution in [0.25, 0.3) is 0 Å². The lowest BCUT2D eigenvalue weighted by Gasteiger charge is -2.33. The van der Waals surface area contributed by atoms with E-state index in [9.17, 15) is 0 Å². The summed E-state index contributed by atoms with van der Waals surface area (Å²) in [5, 5.41) is 0. The number of allylic oxidation sites excluding steroid dienone is 6. The summed E-state index contributed by atoms with van der Waals surface area (Å²) < 4.78 is 0.802. The van der Waals surface area contributed by atoms with Crippen molar-refractivity contribution in [2.24, 2.45) is 0 Å². The second kappa shape index (κ2) is 31.7. The Hall–Kier alpha value is -1.86. The molecule has 0 fully saturated rings. The van der Waals surface area contributed by atoms with Crippen molar-refractivity contribution in [2.75, 3.05) is 14.1 Å². The van der Waals surface area contributed by atoms with Gasteiger partial charge in [0.1, 0.15) is 6.04 Å². The van der Waals surface area contributed by atoms with Gasteiger partial charge in [-0.25, -0.2) is 0 Å². The molecule has 0 aromatic heterocycles. The van der Waals surface area contributed by atoms with Crippen LogP contribution in [-0.4, -0.2) is 18.6 Å². The first-order valence-electron chi connectivity index (χ1n) is 20.2. The first-order chi connectivity index (χ1) is 22.6. The summed E-state index contributed by atoms with van der Waals surface area (Å²) >= 11 is 0. The Morgan fingerprint density at radius 1 is 0.457 bits per heavy atom. The zero-order valence-corrected chi connectivity index (χ0v) is 31.4. The van der Waals surface area contributed by atoms with E-state index in [1.54, 1.807) is 0 Å². The molecule has 0 heterocycles. The summed E-state index contributed by atoms with van der Waals surface area (Å²) in [6, 6.07) is 11.3. The Morgan fingerprint density at radius 3 is 1.24 bits per heavy atom. The molecule has 46 heavy (non-hydrogen) atoms. The van der Waals surface area contributed by atoms with Gasteiger partial charge < -0.3 is 0 Å². The van der Waals surface area contributed by atoms with Gasteiger partial charge in [0.25, 0.3) is 0 Å². The molecule has 0 aliphatic carbocycles. The lowest BCUT2D eigenvalue weighted by Crippen LogP contribution is -2.36. The average molecular weight is 633 g/mol. The lowest BCUT2D eigenvalue weighted by molar-refractivity contribution is -0.864. The SMILES string of the molecule is CCCCCCCCCCCCCCC=CC=CC(c1ccccc1)[N+](C)(C)C=CC=CCCCCCCCCCCCCCC. The van der Waals surface area contributed by atoms with Crippen molar-refractivity contribution < 1.29 is 4.48 Å². The molecule has 1 aromatic rings. The van der Waals surface area contributed by atoms with Crippen LogP contribution in [0.5, 0.6) is 0 Å². The van der Waals surface area contributed by atoms with Crippen LogP contribution in [-0.2, 0) is 0 Å². The van der Waals surface area contributed by atoms with Gasteiger partial charge in [-0.2, -0.15) is 0 Å². The Morgan fingerprint density at radius 2 is 0.826 bits per heavy atom. The summed E-state index contributed by atoms with van der Waals surface area (Å²) in [6.45, 7) is 4.60. The second-order valence-corrected chi connectivity index (χ2v) is 14.4. The monoisotopic (exact) mass is 633 g/mol. The molecule has 262 valence electrons. The summed E-state index contributed by atoms with van der Waals surface area (Å²) in [7, 11) is 4.63. The van der Waals surface area contributed by atoms with Gasteiger partial charge >= 0.3 is 0 Å². The number of nitrogens with zero attached hydrogens (tertiary/aromatic N) is 1. The first-order valence-corrected chi connectivity index (χ1v) is 20.2. The Bertz CT molecular complexity index is 874. The fourth-order valence-corrected chi connectivity index (χ4v) is 6.46. The zero-order chi connectivity index (χ0) is 33.2. The number of quaternary nitrogens is 1. The molecule has 1 aromatic carbocycles. The van der Waals surface area contributed by atoms with Crippen LogP contribution < -0.4 is 0 Å². The highest BCUT2D eigenvalue weighted by Crippen LogP contribution is 2.27. The molecule has 1 nitrogen and oxygen atoms in total. The van der Waals surface area contributed by atoms with Crippen molar-refractivity contribution in [1.82, 2.24) is 0 Å². The molecule has 0 saturated heterocycles. The van der Waals surface area contributed by atoms with E-state index in [4.69, 9.17) is 0 Å². The van der Waals surface area contributed by atoms with E-state index in [1.165, 1.54) is 173 Å². The third-order valence-electron chi connectivity index (χ3n) is 9.56. The fourth-order valence-electron chi connectivity index (χ4n) is 6.46. The maximum atomic E-state index is 2.38. The number of rotatable bonds is 32. The smallest absolute Gasteiger partial charge is 0.137 e. The minimum atomic E-state index is 0.290. The van der Waals surface area contributed by atoms with Gasteiger partial charge in [-0.3, -0.25) is 4.48 Å². The van der Waals surface area contributed by atoms with Crippen LogP contribution in [0.15, 0.2) is 79.1 Å². The highest BCUT2D eigenvalue weighted by molar-refractivity contribution is 5.23. The molecule has 0 radical (unpaired) electrons. The Balaban J connectivity index is 2.28. The van der Waals surface area contributed by atoms with Gasteiger partial charge in [-0.1, -0.05) is 216 Å². The van der Waals surface area contributed by atoms with Crippen LogP contribution >= 0.6 is 0 Å². The van der Waals surface area contributed by atoms with Crippen molar-refractivity contribution in [3.8, 4) is 0 Å². The van der Waals surface area contributed by atoms with Gasteiger partial charge in [0.05, 0.1) is 20.3 Å². The molecular weight excluding hydrogens is 555 g/mol. The van der Waals surface area contributed by atoms with E-state index in [2.05, 4.69) is 107 Å². The Kier molecular flexibility index (Phi) is 29.1. The standard InChI is InChI=1S/C45H78N/c1-5-7-9-11-13-15-17-19-21-23-25-27-29-31-33-38-42-45(44-40-36-35-37-41-44)46(3,4)43-39-34-32-30-28-26-24-22-20-18-16-14-12-10-8-6-2/h31-43,45H,5-30H2,1-4H3/q+1. The normalized spacial score (nSPS) is 13.3. The van der Waals surface area contributed by atoms with E-state index in [1.807, 2.05) is 0 Å². The minimum absolute atomic E-state index is 0.290. The maximum absolute atomic E-state index is 2.38. The number of unbranched alkanes of at least 4 members (excludes halogenated alkanes) is 24. The van der Waals surface area contributed by atoms with E-state index in [-0.39, 0.29) is 0 Å². The van der Waals surface area contributed by atoms with Gasteiger partial charge in [-0.15, -0.1) is 0 Å². The third-order valence-corrected chi connectivity index (χ3v) is 9.56. The molecule has 0 saturated carbocycles. The summed E-state index contributed by atoms with van der Waals surface area (Å²) in [5.74, 6) is 0. The van der Waals surface area contributed by atoms with Crippen molar-refractivity contribution in [3.63, 3.8) is 0 Å². The second-order valence-electron chi connectivity index (χ2n) is 14.4. The van der Waals surface area contributed by atoms with Crippen LogP contribution in [0, 0.1) is 0 Å². The summed E-state index contributed by atoms with van der Waals surface area (Å²) in [5.41, 5.74) is 1.36. The molecule has 0 N–H and O–H groups in total. The topological polar surface area (TPSA) is 0 Å². The molecule has 0 bridgehead atoms. The van der Waals surface area contributed by atoms with E-state index >= 15 is 0 Å². The largest absolute Gasteiger partial charge is 0.293 e. The number of benzene rings is 1. The minimum Gasteiger partial charge on any atom is -0.293 e. The van der Waals surface area contributed by atoms with Crippen LogP contribution in [0.2, 0.25) is 0 Å². The molecule has 1 unspecified atom stereocenters. The first kappa shape index (κ1) is 42.2. The van der Waals surface area contributed by atoms with E-state index in [0.29, 0.717) is 6.04 Å². The van der Waals surface area contributed by atoms with Crippen LogP contribution in [0.1, 0.15) is 192 Å². The van der Waals surface area contributed by atoms with Gasteiger partial charge in [0.2, 0.25) is 0 Å². The third kappa shape index (κ3) is 25.3. The summed E-state index contributed by atoms with van der Waals surface area (Å²) in [4.78, 5) is 0. The molecule has 1 atom stereocenters. The maximum Gasteiger partial charge on any atom is 0.137 e. The van der Waals surface area contributed by atoms with Crippen molar-refractivity contribution >= 4 is 0 Å². The number of hydrogen-bond donors (Lipinski definition) is 0. The van der Waals surface area contributed by atoms with Crippen molar-refractivity contribution in [3.05, 3.63) is 84.6 Å². The number of hydrogen-bond acceptors (Lipinski definition) is 0. The van der Waals surface area contributed by atoms with Crippen LogP contribution in [0.3, 0.4) is 0 Å². The molecule has 0 spiro atoms. The zero-order valence-electron chi connectivity index (χ0n) is 31.4. The Labute approximate surface area is 289 Å². The van der Waals surface area contributed by atoms with Crippen LogP contribution in [0.4, 0.5) is 0 Å². The molecule has 1 rings (SSSR count).